The second kappa shape index (κ2) is 2.71. The molecule has 2 nitrogen and oxygen atoms in total. The van der Waals surface area contributed by atoms with Gasteiger partial charge in [-0.3, -0.25) is 5.84 Å². The van der Waals surface area contributed by atoms with Crippen molar-refractivity contribution in [1.29, 1.82) is 0 Å². The minimum Gasteiger partial charge on any atom is -0.268 e. The predicted octanol–water partition coefficient (Wildman–Crippen LogP) is 1.76. The van der Waals surface area contributed by atoms with Gasteiger partial charge < -0.3 is 0 Å². The normalized spacial score (nSPS) is 53.5. The summed E-state index contributed by atoms with van der Waals surface area (Å²) in [6.45, 7) is 2.31. The Morgan fingerprint density at radius 1 is 1.31 bits per heavy atom. The van der Waals surface area contributed by atoms with Crippen LogP contribution in [0.15, 0.2) is 0 Å². The molecule has 2 heterocycles. The fraction of sp³-hybridized carbons (Fsp3) is 1.00. The van der Waals surface area contributed by atoms with Gasteiger partial charge in [0.2, 0.25) is 0 Å². The first-order valence-electron chi connectivity index (χ1n) is 5.86. The molecule has 0 aromatic carbocycles. The van der Waals surface area contributed by atoms with Gasteiger partial charge in [0, 0.05) is 12.1 Å². The average molecular weight is 180 g/mol. The number of nitrogens with two attached hydrogens (primary N) is 1. The van der Waals surface area contributed by atoms with E-state index in [9.17, 15) is 0 Å². The van der Waals surface area contributed by atoms with E-state index in [4.69, 9.17) is 5.84 Å². The maximum absolute atomic E-state index is 6.04. The van der Waals surface area contributed by atoms with Gasteiger partial charge in [0.15, 0.2) is 0 Å². The van der Waals surface area contributed by atoms with E-state index in [1.807, 2.05) is 0 Å². The van der Waals surface area contributed by atoms with Crippen LogP contribution >= 0.6 is 0 Å². The molecule has 2 saturated heterocycles. The Labute approximate surface area is 80.4 Å². The van der Waals surface area contributed by atoms with Crippen LogP contribution in [0.3, 0.4) is 0 Å². The Kier molecular flexibility index (Phi) is 1.72. The quantitative estimate of drug-likeness (QED) is 0.656. The molecule has 4 rings (SSSR count). The third kappa shape index (κ3) is 0.909. The van der Waals surface area contributed by atoms with Crippen LogP contribution < -0.4 is 5.84 Å². The van der Waals surface area contributed by atoms with Crippen molar-refractivity contribution in [3.63, 3.8) is 0 Å². The summed E-state index contributed by atoms with van der Waals surface area (Å²) < 4.78 is 0. The zero-order chi connectivity index (χ0) is 9.00. The number of hydrazine groups is 1. The van der Waals surface area contributed by atoms with Crippen molar-refractivity contribution < 1.29 is 0 Å². The van der Waals surface area contributed by atoms with E-state index >= 15 is 0 Å². The first kappa shape index (κ1) is 8.25. The Hall–Kier alpha value is -0.0800. The Bertz CT molecular complexity index is 216. The molecule has 74 valence electrons. The zero-order valence-electron chi connectivity index (χ0n) is 8.45. The molecule has 5 atom stereocenters. The van der Waals surface area contributed by atoms with Crippen LogP contribution in [0.25, 0.3) is 0 Å². The van der Waals surface area contributed by atoms with Crippen LogP contribution in [0.5, 0.6) is 0 Å². The molecule has 4 aliphatic rings. The highest BCUT2D eigenvalue weighted by Crippen LogP contribution is 2.56. The Morgan fingerprint density at radius 2 is 2.08 bits per heavy atom. The van der Waals surface area contributed by atoms with Crippen molar-refractivity contribution in [2.75, 3.05) is 0 Å². The van der Waals surface area contributed by atoms with Crippen LogP contribution in [-0.4, -0.2) is 17.1 Å². The molecule has 4 fully saturated rings. The van der Waals surface area contributed by atoms with Gasteiger partial charge in [-0.1, -0.05) is 19.8 Å². The third-order valence-electron chi connectivity index (χ3n) is 4.74. The van der Waals surface area contributed by atoms with Crippen molar-refractivity contribution >= 4 is 0 Å². The number of hydrogen-bond acceptors (Lipinski definition) is 2. The topological polar surface area (TPSA) is 29.3 Å². The standard InChI is InChI=1S/C11H20N2/c1-2-3-7-6-10-9-5-4-8(7)11(9)13(10)12/h7-11H,2-6,12H2,1H3. The fourth-order valence-electron chi connectivity index (χ4n) is 4.25. The van der Waals surface area contributed by atoms with Crippen molar-refractivity contribution in [3.8, 4) is 0 Å². The average Bonchev–Trinajstić information content (AvgIpc) is 2.45. The molecule has 2 aliphatic heterocycles. The Balaban J connectivity index is 1.78. The van der Waals surface area contributed by atoms with E-state index < -0.39 is 0 Å². The molecule has 0 aromatic heterocycles. The molecule has 5 unspecified atom stereocenters. The largest absolute Gasteiger partial charge is 0.268 e. The van der Waals surface area contributed by atoms with Crippen LogP contribution in [0, 0.1) is 17.8 Å². The zero-order valence-corrected chi connectivity index (χ0v) is 8.45. The smallest absolute Gasteiger partial charge is 0.0318 e. The first-order valence-corrected chi connectivity index (χ1v) is 5.86. The third-order valence-corrected chi connectivity index (χ3v) is 4.74. The van der Waals surface area contributed by atoms with Crippen LogP contribution in [0.2, 0.25) is 0 Å². The number of fused-ring (bicyclic) bond motifs is 1. The molecule has 4 bridgehead atoms. The van der Waals surface area contributed by atoms with Gasteiger partial charge in [-0.2, -0.15) is 0 Å². The van der Waals surface area contributed by atoms with Crippen LogP contribution in [-0.2, 0) is 0 Å². The summed E-state index contributed by atoms with van der Waals surface area (Å²) in [5.74, 6) is 9.00. The predicted molar refractivity (Wildman–Crippen MR) is 52.8 cm³/mol. The summed E-state index contributed by atoms with van der Waals surface area (Å²) >= 11 is 0. The molecule has 0 spiro atoms. The van der Waals surface area contributed by atoms with Gasteiger partial charge >= 0.3 is 0 Å². The van der Waals surface area contributed by atoms with Crippen LogP contribution in [0.4, 0.5) is 0 Å². The van der Waals surface area contributed by atoms with Gasteiger partial charge in [0.05, 0.1) is 0 Å². The minimum absolute atomic E-state index is 0.764. The fourth-order valence-corrected chi connectivity index (χ4v) is 4.25. The molecule has 0 aromatic rings. The summed E-state index contributed by atoms with van der Waals surface area (Å²) in [5.41, 5.74) is 0. The number of rotatable bonds is 2. The monoisotopic (exact) mass is 180 g/mol. The van der Waals surface area contributed by atoms with Gasteiger partial charge in [-0.15, -0.1) is 0 Å². The van der Waals surface area contributed by atoms with E-state index in [0.29, 0.717) is 0 Å². The van der Waals surface area contributed by atoms with E-state index in [0.717, 1.165) is 29.8 Å². The number of piperidine rings is 1. The number of hydrogen-bond donors (Lipinski definition) is 1. The molecule has 0 radical (unpaired) electrons. The van der Waals surface area contributed by atoms with E-state index in [1.54, 1.807) is 0 Å². The minimum atomic E-state index is 0.764. The molecule has 2 saturated carbocycles. The van der Waals surface area contributed by atoms with Gasteiger partial charge in [0.1, 0.15) is 0 Å². The van der Waals surface area contributed by atoms with Crippen molar-refractivity contribution in [2.24, 2.45) is 23.6 Å². The molecular formula is C11H20N2. The van der Waals surface area contributed by atoms with Crippen molar-refractivity contribution in [2.45, 2.75) is 51.1 Å². The van der Waals surface area contributed by atoms with E-state index in [-0.39, 0.29) is 0 Å². The van der Waals surface area contributed by atoms with Gasteiger partial charge in [0.25, 0.3) is 0 Å². The van der Waals surface area contributed by atoms with Crippen molar-refractivity contribution in [3.05, 3.63) is 0 Å². The first-order chi connectivity index (χ1) is 6.33. The van der Waals surface area contributed by atoms with Gasteiger partial charge in [-0.05, 0) is 37.0 Å². The maximum atomic E-state index is 6.04. The molecule has 13 heavy (non-hydrogen) atoms. The molecular weight excluding hydrogens is 160 g/mol. The molecule has 2 heteroatoms. The van der Waals surface area contributed by atoms with Crippen LogP contribution in [0.1, 0.15) is 39.0 Å². The highest BCUT2D eigenvalue weighted by atomic mass is 15.5. The highest BCUT2D eigenvalue weighted by Gasteiger charge is 2.60. The summed E-state index contributed by atoms with van der Waals surface area (Å²) in [6.07, 6.45) is 7.13. The summed E-state index contributed by atoms with van der Waals surface area (Å²) in [6, 6.07) is 1.55. The second-order valence-electron chi connectivity index (χ2n) is 5.19. The maximum Gasteiger partial charge on any atom is 0.0318 e. The molecule has 0 amide bonds. The Morgan fingerprint density at radius 3 is 2.85 bits per heavy atom. The summed E-state index contributed by atoms with van der Waals surface area (Å²) in [4.78, 5) is 0. The molecule has 2 N–H and O–H groups in total. The lowest BCUT2D eigenvalue weighted by Gasteiger charge is -2.58. The summed E-state index contributed by atoms with van der Waals surface area (Å²) in [7, 11) is 0. The highest BCUT2D eigenvalue weighted by molar-refractivity contribution is 5.12. The van der Waals surface area contributed by atoms with E-state index in [1.165, 1.54) is 32.1 Å². The summed E-state index contributed by atoms with van der Waals surface area (Å²) in [5, 5.41) is 2.18. The SMILES string of the molecule is CCCC1CC2C3CCC1C3N2N. The van der Waals surface area contributed by atoms with Crippen molar-refractivity contribution in [1.82, 2.24) is 5.01 Å². The lowest BCUT2D eigenvalue weighted by Crippen LogP contribution is -2.71. The molecule has 2 aliphatic carbocycles. The second-order valence-corrected chi connectivity index (χ2v) is 5.19. The van der Waals surface area contributed by atoms with E-state index in [2.05, 4.69) is 11.9 Å². The van der Waals surface area contributed by atoms with Gasteiger partial charge in [-0.25, -0.2) is 5.01 Å². The lowest BCUT2D eigenvalue weighted by molar-refractivity contribution is -0.120. The number of nitrogens with zero attached hydrogens (tertiary/aromatic N) is 1. The lowest BCUT2D eigenvalue weighted by atomic mass is 9.65.